The van der Waals surface area contributed by atoms with Gasteiger partial charge in [-0.3, -0.25) is 4.21 Å². The van der Waals surface area contributed by atoms with Gasteiger partial charge in [-0.2, -0.15) is 74.6 Å². The number of alkyl halides is 17. The van der Waals surface area contributed by atoms with Crippen molar-refractivity contribution in [1.29, 1.82) is 0 Å². The molecule has 0 radical (unpaired) electrons. The van der Waals surface area contributed by atoms with Gasteiger partial charge < -0.3 is 9.29 Å². The molecule has 23 heteroatoms. The molecule has 0 aliphatic rings. The Kier molecular flexibility index (Phi) is 9.73. The average molecular weight is 624 g/mol. The first-order chi connectivity index (χ1) is 16.4. The minimum absolute atomic E-state index is 0.231. The highest BCUT2D eigenvalue weighted by Crippen LogP contribution is 2.64. The third kappa shape index (κ3) is 5.04. The molecular formula is C15H11F17NO4S-. The van der Waals surface area contributed by atoms with Crippen LogP contribution in [-0.4, -0.2) is 86.4 Å². The summed E-state index contributed by atoms with van der Waals surface area (Å²) in [6.45, 7) is 2.36. The Balaban J connectivity index is 7.23. The summed E-state index contributed by atoms with van der Waals surface area (Å²) < 4.78 is 253. The van der Waals surface area contributed by atoms with Gasteiger partial charge in [0, 0.05) is 11.3 Å². The predicted molar refractivity (Wildman–Crippen MR) is 86.9 cm³/mol. The molecule has 0 rings (SSSR count). The third-order valence-corrected chi connectivity index (χ3v) is 5.24. The molecule has 0 heterocycles. The van der Waals surface area contributed by atoms with E-state index in [2.05, 4.69) is 11.3 Å². The van der Waals surface area contributed by atoms with Gasteiger partial charge in [-0.25, -0.2) is 9.10 Å². The van der Waals surface area contributed by atoms with Gasteiger partial charge in [-0.15, -0.1) is 0 Å². The highest BCUT2D eigenvalue weighted by Gasteiger charge is 2.95. The van der Waals surface area contributed by atoms with Gasteiger partial charge in [-0.05, 0) is 14.0 Å². The molecule has 0 fully saturated rings. The van der Waals surface area contributed by atoms with Crippen LogP contribution >= 0.6 is 0 Å². The maximum atomic E-state index is 14.6. The van der Waals surface area contributed by atoms with Crippen LogP contribution in [0.3, 0.4) is 0 Å². The Morgan fingerprint density at radius 3 is 1.37 bits per heavy atom. The summed E-state index contributed by atoms with van der Waals surface area (Å²) in [5, 5.41) is 0. The van der Waals surface area contributed by atoms with E-state index in [0.717, 1.165) is 6.92 Å². The van der Waals surface area contributed by atoms with E-state index in [9.17, 15) is 88.2 Å². The van der Waals surface area contributed by atoms with E-state index in [0.29, 0.717) is 0 Å². The Bertz CT molecular complexity index is 933. The summed E-state index contributed by atoms with van der Waals surface area (Å²) in [6.07, 6.45) is -7.90. The lowest BCUT2D eigenvalue weighted by molar-refractivity contribution is -0.462. The van der Waals surface area contributed by atoms with Crippen LogP contribution in [0.5, 0.6) is 0 Å². The van der Waals surface area contributed by atoms with Crippen molar-refractivity contribution in [2.45, 2.75) is 60.6 Å². The number of carbonyl (C=O) groups excluding carboxylic acids is 1. The molecule has 0 amide bonds. The zero-order chi connectivity index (χ0) is 31.3. The topological polar surface area (TPSA) is 69.7 Å². The van der Waals surface area contributed by atoms with Crippen molar-refractivity contribution in [2.24, 2.45) is 0 Å². The number of halogens is 17. The van der Waals surface area contributed by atoms with Crippen LogP contribution in [0, 0.1) is 0 Å². The van der Waals surface area contributed by atoms with Crippen molar-refractivity contribution in [3.63, 3.8) is 0 Å². The van der Waals surface area contributed by atoms with Crippen LogP contribution in [0.15, 0.2) is 12.2 Å². The Morgan fingerprint density at radius 1 is 0.763 bits per heavy atom. The van der Waals surface area contributed by atoms with E-state index in [1.54, 1.807) is 0 Å². The molecular weight excluding hydrogens is 613 g/mol. The second-order valence-corrected chi connectivity index (χ2v) is 7.99. The summed E-state index contributed by atoms with van der Waals surface area (Å²) in [6, 6.07) is -4.44. The van der Waals surface area contributed by atoms with Gasteiger partial charge in [-0.1, -0.05) is 6.58 Å². The maximum absolute atomic E-state index is 14.6. The Labute approximate surface area is 202 Å². The molecule has 0 aromatic rings. The number of nitrogens with zero attached hydrogens (tertiary/aromatic N) is 1. The Hall–Kier alpha value is -1.91. The number of hydrogen-bond donors (Lipinski definition) is 0. The van der Waals surface area contributed by atoms with Gasteiger partial charge in [0.15, 0.2) is 0 Å². The molecule has 226 valence electrons. The summed E-state index contributed by atoms with van der Waals surface area (Å²) in [5.74, 6) is -61.2. The summed E-state index contributed by atoms with van der Waals surface area (Å²) in [7, 11) is -0.231. The summed E-state index contributed by atoms with van der Waals surface area (Å²) in [5.41, 5.74) is -2.26. The number of carbonyl (C=O) groups is 1. The normalized spacial score (nSPS) is 16.9. The van der Waals surface area contributed by atoms with E-state index >= 15 is 0 Å². The molecule has 0 aromatic heterocycles. The van der Waals surface area contributed by atoms with Gasteiger partial charge in [0.25, 0.3) is 0 Å². The van der Waals surface area contributed by atoms with Crippen LogP contribution in [0.1, 0.15) is 6.92 Å². The fraction of sp³-hybridized carbons (Fsp3) is 0.800. The standard InChI is InChI=1S/C15H12F17NO4S/c1-4-37-7(34)5(2)6(33(3)38(35)36)8(16,17)9(18,19)10(20,21)11(22,23)12(24,25)13(26,27)14(28,29)15(30,31)32/h6H,2,4H2,1,3H3,(H,35,36)/p-1. The Morgan fingerprint density at radius 2 is 1.08 bits per heavy atom. The van der Waals surface area contributed by atoms with Crippen molar-refractivity contribution in [1.82, 2.24) is 4.31 Å². The molecule has 0 aliphatic heterocycles. The van der Waals surface area contributed by atoms with Gasteiger partial charge in [0.2, 0.25) is 0 Å². The number of likely N-dealkylation sites (N-methyl/N-ethyl adjacent to an activating group) is 1. The molecule has 0 aromatic carbocycles. The van der Waals surface area contributed by atoms with E-state index < -0.39 is 87.4 Å². The second kappa shape index (κ2) is 10.2. The average Bonchev–Trinajstić information content (AvgIpc) is 2.71. The van der Waals surface area contributed by atoms with E-state index in [1.165, 1.54) is 0 Å². The van der Waals surface area contributed by atoms with Crippen molar-refractivity contribution in [3.8, 4) is 0 Å². The lowest BCUT2D eigenvalue weighted by Crippen LogP contribution is -2.76. The number of esters is 1. The lowest BCUT2D eigenvalue weighted by atomic mass is 9.85. The fourth-order valence-corrected chi connectivity index (χ4v) is 2.87. The molecule has 38 heavy (non-hydrogen) atoms. The van der Waals surface area contributed by atoms with E-state index in [1.807, 2.05) is 0 Å². The van der Waals surface area contributed by atoms with Gasteiger partial charge in [0.05, 0.1) is 12.2 Å². The van der Waals surface area contributed by atoms with Gasteiger partial charge in [0.1, 0.15) is 6.04 Å². The zero-order valence-electron chi connectivity index (χ0n) is 17.9. The van der Waals surface area contributed by atoms with Crippen LogP contribution in [0.2, 0.25) is 0 Å². The van der Waals surface area contributed by atoms with Crippen LogP contribution in [0.25, 0.3) is 0 Å². The van der Waals surface area contributed by atoms with Crippen LogP contribution in [-0.2, 0) is 20.8 Å². The monoisotopic (exact) mass is 624 g/mol. The first-order valence-corrected chi connectivity index (χ1v) is 9.80. The fourth-order valence-electron chi connectivity index (χ4n) is 2.44. The molecule has 5 nitrogen and oxygen atoms in total. The minimum atomic E-state index is -8.86. The van der Waals surface area contributed by atoms with Crippen LogP contribution in [0.4, 0.5) is 74.6 Å². The largest absolute Gasteiger partial charge is 0.760 e. The molecule has 0 N–H and O–H groups in total. The van der Waals surface area contributed by atoms with E-state index in [4.69, 9.17) is 0 Å². The molecule has 0 spiro atoms. The summed E-state index contributed by atoms with van der Waals surface area (Å²) in [4.78, 5) is 11.6. The molecule has 2 atom stereocenters. The quantitative estimate of drug-likeness (QED) is 0.130. The predicted octanol–water partition coefficient (Wildman–Crippen LogP) is 5.21. The van der Waals surface area contributed by atoms with Crippen LogP contribution < -0.4 is 0 Å². The highest BCUT2D eigenvalue weighted by atomic mass is 32.2. The summed E-state index contributed by atoms with van der Waals surface area (Å²) >= 11 is -4.29. The number of hydrogen-bond acceptors (Lipinski definition) is 4. The first-order valence-electron chi connectivity index (χ1n) is 8.77. The van der Waals surface area contributed by atoms with Crippen molar-refractivity contribution < 1.29 is 92.9 Å². The zero-order valence-corrected chi connectivity index (χ0v) is 18.7. The smallest absolute Gasteiger partial charge is 0.460 e. The van der Waals surface area contributed by atoms with Crippen molar-refractivity contribution >= 4 is 17.2 Å². The SMILES string of the molecule is C=C(C(=O)OCC)C(N(C)S(=O)[O-])C(F)(F)C(F)(F)C(F)(F)C(F)(F)C(F)(F)C(F)(F)C(F)(F)C(F)(F)F. The first kappa shape index (κ1) is 36.1. The number of rotatable bonds is 12. The third-order valence-electron chi connectivity index (χ3n) is 4.56. The van der Waals surface area contributed by atoms with Crippen molar-refractivity contribution in [2.75, 3.05) is 13.7 Å². The maximum Gasteiger partial charge on any atom is 0.460 e. The molecule has 2 unspecified atom stereocenters. The molecule has 0 aliphatic carbocycles. The molecule has 0 saturated carbocycles. The van der Waals surface area contributed by atoms with E-state index in [-0.39, 0.29) is 7.05 Å². The molecule has 0 bridgehead atoms. The van der Waals surface area contributed by atoms with Gasteiger partial charge >= 0.3 is 53.6 Å². The highest BCUT2D eigenvalue weighted by molar-refractivity contribution is 7.76. The second-order valence-electron chi connectivity index (χ2n) is 6.98. The lowest BCUT2D eigenvalue weighted by Gasteiger charge is -2.45. The minimum Gasteiger partial charge on any atom is -0.760 e. The molecule has 0 saturated heterocycles. The van der Waals surface area contributed by atoms with Crippen molar-refractivity contribution in [3.05, 3.63) is 12.2 Å². The number of ether oxygens (including phenoxy) is 1.